The van der Waals surface area contributed by atoms with Gasteiger partial charge in [-0.1, -0.05) is 24.4 Å². The molecule has 0 atom stereocenters. The molecule has 3 rings (SSSR count). The van der Waals surface area contributed by atoms with E-state index in [0.29, 0.717) is 6.04 Å². The van der Waals surface area contributed by atoms with E-state index in [9.17, 15) is 0 Å². The minimum atomic E-state index is 0.517. The smallest absolute Gasteiger partial charge is 0.245 e. The molecule has 2 heterocycles. The summed E-state index contributed by atoms with van der Waals surface area (Å²) in [4.78, 5) is 2.30. The van der Waals surface area contributed by atoms with Crippen molar-refractivity contribution in [3.05, 3.63) is 0 Å². The van der Waals surface area contributed by atoms with Crippen LogP contribution in [0.4, 0.5) is 5.95 Å². The topological polar surface area (TPSA) is 58.9 Å². The summed E-state index contributed by atoms with van der Waals surface area (Å²) >= 11 is 0. The molecule has 0 bridgehead atoms. The molecule has 0 spiro atoms. The van der Waals surface area contributed by atoms with E-state index in [0.717, 1.165) is 32.1 Å². The third-order valence-corrected chi connectivity index (χ3v) is 3.80. The molecule has 1 aromatic heterocycles. The zero-order valence-electron chi connectivity index (χ0n) is 10.2. The number of hydrogen-bond acceptors (Lipinski definition) is 5. The zero-order valence-corrected chi connectivity index (χ0v) is 10.2. The van der Waals surface area contributed by atoms with Gasteiger partial charge in [0, 0.05) is 26.2 Å². The largest absolute Gasteiger partial charge is 0.337 e. The number of piperazine rings is 1. The number of nitrogens with one attached hydrogen (secondary N) is 1. The molecular weight excluding hydrogens is 216 g/mol. The zero-order chi connectivity index (χ0) is 11.5. The van der Waals surface area contributed by atoms with Crippen molar-refractivity contribution in [2.75, 3.05) is 31.1 Å². The van der Waals surface area contributed by atoms with Crippen LogP contribution >= 0.6 is 0 Å². The van der Waals surface area contributed by atoms with Gasteiger partial charge in [0.1, 0.15) is 0 Å². The van der Waals surface area contributed by atoms with Gasteiger partial charge in [0.15, 0.2) is 0 Å². The van der Waals surface area contributed by atoms with Crippen molar-refractivity contribution >= 4 is 5.95 Å². The average Bonchev–Trinajstić information content (AvgIpc) is 2.90. The van der Waals surface area contributed by atoms with E-state index in [1.165, 1.54) is 32.1 Å². The molecule has 2 fully saturated rings. The Kier molecular flexibility index (Phi) is 3.22. The fourth-order valence-corrected chi connectivity index (χ4v) is 2.82. The monoisotopic (exact) mass is 236 g/mol. The second-order valence-corrected chi connectivity index (χ2v) is 4.95. The SMILES string of the molecule is C1CCC(n2nnnc2N2CCNCC2)CC1. The normalized spacial score (nSPS) is 22.9. The number of aromatic nitrogens is 4. The number of tetrazole rings is 1. The molecule has 1 saturated heterocycles. The number of hydrogen-bond donors (Lipinski definition) is 1. The van der Waals surface area contributed by atoms with E-state index in [2.05, 4.69) is 30.4 Å². The van der Waals surface area contributed by atoms with E-state index in [4.69, 9.17) is 0 Å². The quantitative estimate of drug-likeness (QED) is 0.814. The van der Waals surface area contributed by atoms with Gasteiger partial charge in [0.05, 0.1) is 6.04 Å². The summed E-state index contributed by atoms with van der Waals surface area (Å²) in [6.45, 7) is 4.06. The molecule has 1 aliphatic carbocycles. The predicted molar refractivity (Wildman–Crippen MR) is 65.0 cm³/mol. The van der Waals surface area contributed by atoms with Gasteiger partial charge in [0.25, 0.3) is 0 Å². The van der Waals surface area contributed by atoms with Gasteiger partial charge in [-0.3, -0.25) is 0 Å². The molecule has 2 aliphatic rings. The van der Waals surface area contributed by atoms with E-state index in [1.54, 1.807) is 0 Å². The second kappa shape index (κ2) is 5.00. The Bertz CT molecular complexity index is 318. The van der Waals surface area contributed by atoms with Crippen LogP contribution in [0.5, 0.6) is 0 Å². The molecule has 6 nitrogen and oxygen atoms in total. The molecule has 1 saturated carbocycles. The van der Waals surface area contributed by atoms with Crippen LogP contribution in [0.25, 0.3) is 0 Å². The van der Waals surface area contributed by atoms with Gasteiger partial charge >= 0.3 is 0 Å². The fourth-order valence-electron chi connectivity index (χ4n) is 2.82. The second-order valence-electron chi connectivity index (χ2n) is 4.95. The Balaban J connectivity index is 1.77. The van der Waals surface area contributed by atoms with E-state index in [1.807, 2.05) is 0 Å². The third-order valence-electron chi connectivity index (χ3n) is 3.80. The molecule has 0 aromatic carbocycles. The highest BCUT2D eigenvalue weighted by Crippen LogP contribution is 2.29. The van der Waals surface area contributed by atoms with E-state index < -0.39 is 0 Å². The summed E-state index contributed by atoms with van der Waals surface area (Å²) in [7, 11) is 0. The first-order valence-corrected chi connectivity index (χ1v) is 6.69. The third kappa shape index (κ3) is 2.26. The first-order chi connectivity index (χ1) is 8.45. The van der Waals surface area contributed by atoms with Crippen molar-refractivity contribution in [2.24, 2.45) is 0 Å². The van der Waals surface area contributed by atoms with Crippen LogP contribution in [0.3, 0.4) is 0 Å². The fraction of sp³-hybridized carbons (Fsp3) is 0.909. The molecule has 0 unspecified atom stereocenters. The minimum absolute atomic E-state index is 0.517. The molecular formula is C11H20N6. The highest BCUT2D eigenvalue weighted by Gasteiger charge is 2.23. The van der Waals surface area contributed by atoms with Crippen LogP contribution in [0, 0.1) is 0 Å². The highest BCUT2D eigenvalue weighted by atomic mass is 15.6. The van der Waals surface area contributed by atoms with Crippen molar-refractivity contribution in [3.8, 4) is 0 Å². The van der Waals surface area contributed by atoms with Crippen LogP contribution in [0.1, 0.15) is 38.1 Å². The molecule has 1 aromatic rings. The molecule has 17 heavy (non-hydrogen) atoms. The maximum absolute atomic E-state index is 4.22. The summed E-state index contributed by atoms with van der Waals surface area (Å²) in [6.07, 6.45) is 6.44. The number of anilines is 1. The van der Waals surface area contributed by atoms with Gasteiger partial charge in [-0.25, -0.2) is 4.68 Å². The lowest BCUT2D eigenvalue weighted by molar-refractivity contribution is 0.323. The molecule has 94 valence electrons. The summed E-state index contributed by atoms with van der Waals surface area (Å²) in [5, 5.41) is 15.7. The lowest BCUT2D eigenvalue weighted by atomic mass is 9.96. The van der Waals surface area contributed by atoms with Gasteiger partial charge in [0.2, 0.25) is 5.95 Å². The summed E-state index contributed by atoms with van der Waals surface area (Å²) in [5.41, 5.74) is 0. The lowest BCUT2D eigenvalue weighted by Crippen LogP contribution is -2.45. The van der Waals surface area contributed by atoms with E-state index >= 15 is 0 Å². The number of nitrogens with zero attached hydrogens (tertiary/aromatic N) is 5. The van der Waals surface area contributed by atoms with Crippen molar-refractivity contribution < 1.29 is 0 Å². The van der Waals surface area contributed by atoms with Crippen molar-refractivity contribution in [1.82, 2.24) is 25.5 Å². The molecule has 0 amide bonds. The van der Waals surface area contributed by atoms with Gasteiger partial charge in [-0.15, -0.1) is 0 Å². The van der Waals surface area contributed by atoms with Gasteiger partial charge in [-0.05, 0) is 23.3 Å². The van der Waals surface area contributed by atoms with Crippen LogP contribution in [0.15, 0.2) is 0 Å². The maximum atomic E-state index is 4.22. The summed E-state index contributed by atoms with van der Waals surface area (Å²) in [5.74, 6) is 0.971. The van der Waals surface area contributed by atoms with Crippen LogP contribution in [-0.2, 0) is 0 Å². The van der Waals surface area contributed by atoms with Crippen LogP contribution < -0.4 is 10.2 Å². The van der Waals surface area contributed by atoms with Crippen molar-refractivity contribution in [1.29, 1.82) is 0 Å². The maximum Gasteiger partial charge on any atom is 0.245 e. The Morgan fingerprint density at radius 1 is 1.06 bits per heavy atom. The first-order valence-electron chi connectivity index (χ1n) is 6.69. The molecule has 1 N–H and O–H groups in total. The van der Waals surface area contributed by atoms with Crippen molar-refractivity contribution in [3.63, 3.8) is 0 Å². The molecule has 0 radical (unpaired) electrons. The van der Waals surface area contributed by atoms with E-state index in [-0.39, 0.29) is 0 Å². The standard InChI is InChI=1S/C11H20N6/c1-2-4-10(5-3-1)17-11(13-14-15-17)16-8-6-12-7-9-16/h10,12H,1-9H2. The summed E-state index contributed by atoms with van der Waals surface area (Å²) < 4.78 is 2.06. The van der Waals surface area contributed by atoms with Crippen molar-refractivity contribution in [2.45, 2.75) is 38.1 Å². The van der Waals surface area contributed by atoms with Crippen LogP contribution in [-0.4, -0.2) is 46.4 Å². The number of rotatable bonds is 2. The lowest BCUT2D eigenvalue weighted by Gasteiger charge is -2.30. The highest BCUT2D eigenvalue weighted by molar-refractivity contribution is 5.29. The Labute approximate surface area is 101 Å². The Hall–Kier alpha value is -1.17. The van der Waals surface area contributed by atoms with Gasteiger partial charge in [-0.2, -0.15) is 0 Å². The summed E-state index contributed by atoms with van der Waals surface area (Å²) in [6, 6.07) is 0.517. The first kappa shape index (κ1) is 11.0. The molecule has 6 heteroatoms. The van der Waals surface area contributed by atoms with Gasteiger partial charge < -0.3 is 10.2 Å². The average molecular weight is 236 g/mol. The molecule has 1 aliphatic heterocycles. The Morgan fingerprint density at radius 3 is 2.59 bits per heavy atom. The van der Waals surface area contributed by atoms with Crippen LogP contribution in [0.2, 0.25) is 0 Å². The minimum Gasteiger partial charge on any atom is -0.337 e. The Morgan fingerprint density at radius 2 is 1.82 bits per heavy atom. The predicted octanol–water partition coefficient (Wildman–Crippen LogP) is 0.588.